The van der Waals surface area contributed by atoms with Crippen LogP contribution in [0.2, 0.25) is 0 Å². The summed E-state index contributed by atoms with van der Waals surface area (Å²) in [6.45, 7) is 5.45. The summed E-state index contributed by atoms with van der Waals surface area (Å²) in [5, 5.41) is 17.6. The van der Waals surface area contributed by atoms with Gasteiger partial charge in [0.2, 0.25) is 0 Å². The van der Waals surface area contributed by atoms with Crippen LogP contribution in [0.3, 0.4) is 0 Å². The molecule has 2 heterocycles. The van der Waals surface area contributed by atoms with E-state index in [1.807, 2.05) is 32.9 Å². The molecule has 0 spiro atoms. The molecule has 0 saturated heterocycles. The molecule has 2 aromatic heterocycles. The lowest BCUT2D eigenvalue weighted by Crippen LogP contribution is -2.31. The number of carbonyl (C=O) groups is 1. The van der Waals surface area contributed by atoms with E-state index in [1.54, 1.807) is 7.05 Å². The number of aliphatic hydroxyl groups is 1. The molecule has 1 aliphatic carbocycles. The van der Waals surface area contributed by atoms with Crippen molar-refractivity contribution in [3.05, 3.63) is 23.5 Å². The van der Waals surface area contributed by atoms with E-state index in [-0.39, 0.29) is 30.7 Å². The van der Waals surface area contributed by atoms with Crippen molar-refractivity contribution in [3.63, 3.8) is 0 Å². The molecule has 0 aliphatic heterocycles. The van der Waals surface area contributed by atoms with Crippen molar-refractivity contribution in [2.24, 2.45) is 13.0 Å². The van der Waals surface area contributed by atoms with Crippen LogP contribution in [0, 0.1) is 12.8 Å². The third-order valence-electron chi connectivity index (χ3n) is 4.98. The standard InChI is InChI=1S/C20H28N4O4/c1-12(2)27-20(26)14-6-5-7-15(10-14)28-18-9-8-16(21-13(18)3)19-17(11-25)24(4)23-22-19/h8-9,12,14-15,25H,5-7,10-11H2,1-4H3/t14-,15-/m0/s1. The molecule has 1 fully saturated rings. The number of aliphatic hydroxyl groups excluding tert-OH is 1. The second kappa shape index (κ2) is 8.68. The van der Waals surface area contributed by atoms with Gasteiger partial charge in [0.15, 0.2) is 0 Å². The average Bonchev–Trinajstić information content (AvgIpc) is 3.03. The lowest BCUT2D eigenvalue weighted by atomic mass is 9.87. The Bertz CT molecular complexity index is 834. The predicted molar refractivity (Wildman–Crippen MR) is 102 cm³/mol. The molecule has 0 bridgehead atoms. The number of nitrogens with zero attached hydrogens (tertiary/aromatic N) is 4. The van der Waals surface area contributed by atoms with Gasteiger partial charge in [-0.25, -0.2) is 9.67 Å². The van der Waals surface area contributed by atoms with Gasteiger partial charge in [-0.15, -0.1) is 5.10 Å². The average molecular weight is 388 g/mol. The number of hydrogen-bond acceptors (Lipinski definition) is 7. The van der Waals surface area contributed by atoms with E-state index >= 15 is 0 Å². The summed E-state index contributed by atoms with van der Waals surface area (Å²) in [4.78, 5) is 16.8. The molecule has 3 rings (SSSR count). The minimum atomic E-state index is -0.159. The fourth-order valence-corrected chi connectivity index (χ4v) is 3.53. The first kappa shape index (κ1) is 20.3. The predicted octanol–water partition coefficient (Wildman–Crippen LogP) is 2.57. The smallest absolute Gasteiger partial charge is 0.309 e. The Labute approximate surface area is 164 Å². The van der Waals surface area contributed by atoms with E-state index in [0.717, 1.165) is 25.0 Å². The molecular formula is C20H28N4O4. The number of pyridine rings is 1. The van der Waals surface area contributed by atoms with E-state index in [9.17, 15) is 9.90 Å². The summed E-state index contributed by atoms with van der Waals surface area (Å²) >= 11 is 0. The van der Waals surface area contributed by atoms with Gasteiger partial charge in [-0.3, -0.25) is 4.79 Å². The second-order valence-electron chi connectivity index (χ2n) is 7.54. The molecule has 1 saturated carbocycles. The molecule has 152 valence electrons. The van der Waals surface area contributed by atoms with E-state index in [1.165, 1.54) is 4.68 Å². The maximum Gasteiger partial charge on any atom is 0.309 e. The molecule has 1 N–H and O–H groups in total. The van der Waals surface area contributed by atoms with Crippen LogP contribution in [0.15, 0.2) is 12.1 Å². The Hall–Kier alpha value is -2.48. The number of esters is 1. The zero-order valence-electron chi connectivity index (χ0n) is 16.9. The van der Waals surface area contributed by atoms with Crippen molar-refractivity contribution in [1.29, 1.82) is 0 Å². The highest BCUT2D eigenvalue weighted by atomic mass is 16.5. The van der Waals surface area contributed by atoms with Crippen LogP contribution in [0.25, 0.3) is 11.4 Å². The van der Waals surface area contributed by atoms with Gasteiger partial charge in [0.25, 0.3) is 0 Å². The summed E-state index contributed by atoms with van der Waals surface area (Å²) < 4.78 is 13.1. The molecule has 0 amide bonds. The molecule has 2 aromatic rings. The summed E-state index contributed by atoms with van der Waals surface area (Å²) in [5.41, 5.74) is 2.55. The van der Waals surface area contributed by atoms with Gasteiger partial charge in [0.1, 0.15) is 11.4 Å². The van der Waals surface area contributed by atoms with E-state index in [2.05, 4.69) is 15.3 Å². The van der Waals surface area contributed by atoms with Crippen molar-refractivity contribution in [2.75, 3.05) is 0 Å². The third-order valence-corrected chi connectivity index (χ3v) is 4.98. The molecule has 2 atom stereocenters. The number of aromatic nitrogens is 4. The monoisotopic (exact) mass is 388 g/mol. The van der Waals surface area contributed by atoms with Gasteiger partial charge in [0, 0.05) is 7.05 Å². The molecule has 0 aromatic carbocycles. The lowest BCUT2D eigenvalue weighted by molar-refractivity contribution is -0.154. The third kappa shape index (κ3) is 4.49. The van der Waals surface area contributed by atoms with Crippen LogP contribution in [0.5, 0.6) is 5.75 Å². The van der Waals surface area contributed by atoms with Gasteiger partial charge in [-0.2, -0.15) is 0 Å². The lowest BCUT2D eigenvalue weighted by Gasteiger charge is -2.29. The van der Waals surface area contributed by atoms with Crippen molar-refractivity contribution in [3.8, 4) is 17.1 Å². The van der Waals surface area contributed by atoms with Crippen molar-refractivity contribution in [1.82, 2.24) is 20.0 Å². The molecule has 1 aliphatic rings. The summed E-state index contributed by atoms with van der Waals surface area (Å²) in [7, 11) is 1.73. The highest BCUT2D eigenvalue weighted by Gasteiger charge is 2.30. The number of carbonyl (C=O) groups excluding carboxylic acids is 1. The number of rotatable bonds is 6. The molecule has 0 unspecified atom stereocenters. The number of ether oxygens (including phenoxy) is 2. The largest absolute Gasteiger partial charge is 0.489 e. The highest BCUT2D eigenvalue weighted by Crippen LogP contribution is 2.31. The zero-order chi connectivity index (χ0) is 20.3. The quantitative estimate of drug-likeness (QED) is 0.759. The van der Waals surface area contributed by atoms with Gasteiger partial charge >= 0.3 is 5.97 Å². The maximum absolute atomic E-state index is 12.2. The Morgan fingerprint density at radius 2 is 2.14 bits per heavy atom. The van der Waals surface area contributed by atoms with Crippen molar-refractivity contribution < 1.29 is 19.4 Å². The molecular weight excluding hydrogens is 360 g/mol. The Morgan fingerprint density at radius 1 is 1.36 bits per heavy atom. The van der Waals surface area contributed by atoms with Crippen LogP contribution >= 0.6 is 0 Å². The van der Waals surface area contributed by atoms with Crippen molar-refractivity contribution in [2.45, 2.75) is 65.3 Å². The van der Waals surface area contributed by atoms with E-state index < -0.39 is 0 Å². The van der Waals surface area contributed by atoms with Crippen LogP contribution < -0.4 is 4.74 Å². The Balaban J connectivity index is 1.70. The second-order valence-corrected chi connectivity index (χ2v) is 7.54. The summed E-state index contributed by atoms with van der Waals surface area (Å²) in [5.74, 6) is 0.453. The molecule has 8 nitrogen and oxygen atoms in total. The summed E-state index contributed by atoms with van der Waals surface area (Å²) in [6, 6.07) is 3.68. The van der Waals surface area contributed by atoms with Crippen LogP contribution in [-0.4, -0.2) is 43.3 Å². The SMILES string of the molecule is Cc1nc(-c2nnn(C)c2CO)ccc1O[C@H]1CCC[C@H](C(=O)OC(C)C)C1. The fraction of sp³-hybridized carbons (Fsp3) is 0.600. The first-order valence-electron chi connectivity index (χ1n) is 9.73. The molecule has 28 heavy (non-hydrogen) atoms. The van der Waals surface area contributed by atoms with Crippen molar-refractivity contribution >= 4 is 5.97 Å². The fourth-order valence-electron chi connectivity index (χ4n) is 3.53. The number of hydrogen-bond donors (Lipinski definition) is 1. The normalized spacial score (nSPS) is 19.6. The zero-order valence-corrected chi connectivity index (χ0v) is 16.9. The summed E-state index contributed by atoms with van der Waals surface area (Å²) in [6.07, 6.45) is 3.22. The van der Waals surface area contributed by atoms with Crippen LogP contribution in [0.1, 0.15) is 50.9 Å². The first-order valence-corrected chi connectivity index (χ1v) is 9.73. The van der Waals surface area contributed by atoms with Gasteiger partial charge in [-0.05, 0) is 58.6 Å². The Kier molecular flexibility index (Phi) is 6.28. The van der Waals surface area contributed by atoms with E-state index in [0.29, 0.717) is 29.3 Å². The maximum atomic E-state index is 12.2. The van der Waals surface area contributed by atoms with Crippen LogP contribution in [-0.2, 0) is 23.2 Å². The van der Waals surface area contributed by atoms with E-state index in [4.69, 9.17) is 9.47 Å². The Morgan fingerprint density at radius 3 is 2.82 bits per heavy atom. The van der Waals surface area contributed by atoms with Gasteiger partial charge < -0.3 is 14.6 Å². The minimum absolute atomic E-state index is 0.0330. The number of aryl methyl sites for hydroxylation is 2. The van der Waals surface area contributed by atoms with Crippen LogP contribution in [0.4, 0.5) is 0 Å². The highest BCUT2D eigenvalue weighted by molar-refractivity contribution is 5.72. The topological polar surface area (TPSA) is 99.4 Å². The van der Waals surface area contributed by atoms with Gasteiger partial charge in [-0.1, -0.05) is 5.21 Å². The molecule has 8 heteroatoms. The first-order chi connectivity index (χ1) is 13.4. The van der Waals surface area contributed by atoms with Gasteiger partial charge in [0.05, 0.1) is 41.8 Å². The minimum Gasteiger partial charge on any atom is -0.489 e. The molecule has 0 radical (unpaired) electrons.